The number of benzene rings is 1. The maximum atomic E-state index is 12.4. The molecule has 2 aromatic rings. The van der Waals surface area contributed by atoms with E-state index in [-0.39, 0.29) is 6.61 Å². The minimum absolute atomic E-state index is 0.0433. The van der Waals surface area contributed by atoms with E-state index in [1.165, 1.54) is 0 Å². The van der Waals surface area contributed by atoms with Gasteiger partial charge in [0, 0.05) is 12.3 Å². The lowest BCUT2D eigenvalue weighted by Crippen LogP contribution is -2.52. The van der Waals surface area contributed by atoms with E-state index >= 15 is 0 Å². The highest BCUT2D eigenvalue weighted by molar-refractivity contribution is 5.70. The molecule has 150 valence electrons. The molecular weight excluding hydrogens is 372 g/mol. The molecule has 0 bridgehead atoms. The van der Waals surface area contributed by atoms with Gasteiger partial charge in [-0.1, -0.05) is 30.3 Å². The zero-order valence-electron chi connectivity index (χ0n) is 14.7. The Morgan fingerprint density at radius 2 is 1.93 bits per heavy atom. The predicted molar refractivity (Wildman–Crippen MR) is 94.1 cm³/mol. The molecule has 0 amide bonds. The Morgan fingerprint density at radius 3 is 2.54 bits per heavy atom. The van der Waals surface area contributed by atoms with E-state index in [9.17, 15) is 29.7 Å². The second kappa shape index (κ2) is 8.07. The largest absolute Gasteiger partial charge is 0.461 e. The van der Waals surface area contributed by atoms with E-state index in [0.29, 0.717) is 0 Å². The van der Waals surface area contributed by atoms with Gasteiger partial charge in [0.05, 0.1) is 13.0 Å². The summed E-state index contributed by atoms with van der Waals surface area (Å²) in [4.78, 5) is 38.1. The van der Waals surface area contributed by atoms with Crippen LogP contribution in [0.2, 0.25) is 0 Å². The molecule has 0 spiro atoms. The Kier molecular flexibility index (Phi) is 5.75. The van der Waals surface area contributed by atoms with E-state index in [1.807, 2.05) is 11.1 Å². The summed E-state index contributed by atoms with van der Waals surface area (Å²) in [6.45, 7) is -0.699. The summed E-state index contributed by atoms with van der Waals surface area (Å²) in [6.07, 6.45) is -4.14. The molecule has 1 aliphatic heterocycles. The lowest BCUT2D eigenvalue weighted by Gasteiger charge is -2.32. The second-order valence-electron chi connectivity index (χ2n) is 6.42. The van der Waals surface area contributed by atoms with Gasteiger partial charge in [0.2, 0.25) is 0 Å². The topological polar surface area (TPSA) is 151 Å². The van der Waals surface area contributed by atoms with Gasteiger partial charge in [-0.05, 0) is 5.56 Å². The molecule has 0 unspecified atom stereocenters. The van der Waals surface area contributed by atoms with Crippen LogP contribution in [0.4, 0.5) is 0 Å². The molecular formula is C18H20N2O8. The first kappa shape index (κ1) is 20.0. The molecule has 1 aromatic heterocycles. The van der Waals surface area contributed by atoms with Gasteiger partial charge in [-0.15, -0.1) is 0 Å². The lowest BCUT2D eigenvalue weighted by atomic mass is 9.99. The number of aromatic nitrogens is 2. The van der Waals surface area contributed by atoms with Crippen LogP contribution in [0.5, 0.6) is 0 Å². The number of hydrogen-bond acceptors (Lipinski definition) is 8. The van der Waals surface area contributed by atoms with Crippen molar-refractivity contribution >= 4 is 5.97 Å². The molecule has 10 heteroatoms. The van der Waals surface area contributed by atoms with Crippen molar-refractivity contribution in [2.24, 2.45) is 0 Å². The highest BCUT2D eigenvalue weighted by Gasteiger charge is 2.57. The minimum Gasteiger partial charge on any atom is -0.461 e. The van der Waals surface area contributed by atoms with E-state index in [1.54, 1.807) is 24.3 Å². The van der Waals surface area contributed by atoms with Crippen LogP contribution >= 0.6 is 0 Å². The van der Waals surface area contributed by atoms with Crippen molar-refractivity contribution in [2.45, 2.75) is 37.1 Å². The first-order valence-corrected chi connectivity index (χ1v) is 8.54. The Balaban J connectivity index is 1.90. The third-order valence-electron chi connectivity index (χ3n) is 4.57. The smallest absolute Gasteiger partial charge is 0.330 e. The van der Waals surface area contributed by atoms with Gasteiger partial charge in [0.25, 0.3) is 5.56 Å². The summed E-state index contributed by atoms with van der Waals surface area (Å²) in [7, 11) is 0. The summed E-state index contributed by atoms with van der Waals surface area (Å²) in [6, 6.07) is 9.87. The predicted octanol–water partition coefficient (Wildman–Crippen LogP) is -1.56. The molecule has 4 N–H and O–H groups in total. The first-order valence-electron chi connectivity index (χ1n) is 8.54. The molecule has 1 aromatic carbocycles. The molecule has 0 aliphatic carbocycles. The molecule has 4 atom stereocenters. The Labute approximate surface area is 158 Å². The maximum absolute atomic E-state index is 12.4. The number of hydrogen-bond donors (Lipinski definition) is 4. The number of nitrogens with zero attached hydrogens (tertiary/aromatic N) is 1. The van der Waals surface area contributed by atoms with Gasteiger partial charge >= 0.3 is 11.7 Å². The van der Waals surface area contributed by atoms with Crippen molar-refractivity contribution in [2.75, 3.05) is 6.61 Å². The number of aliphatic hydroxyl groups excluding tert-OH is 3. The van der Waals surface area contributed by atoms with Gasteiger partial charge in [-0.25, -0.2) is 4.79 Å². The van der Waals surface area contributed by atoms with E-state index in [2.05, 4.69) is 0 Å². The SMILES string of the molecule is O=C(C[C@@]1(n2ccc(=O)[nH]c2=O)O[C@H](CO)[C@@H](O)[C@H]1O)OCc1ccccc1. The van der Waals surface area contributed by atoms with Crippen LogP contribution in [0.1, 0.15) is 12.0 Å². The van der Waals surface area contributed by atoms with Crippen molar-refractivity contribution in [1.29, 1.82) is 0 Å². The third-order valence-corrected chi connectivity index (χ3v) is 4.57. The number of H-pyrrole nitrogens is 1. The summed E-state index contributed by atoms with van der Waals surface area (Å²) in [5.74, 6) is -0.813. The molecule has 1 aliphatic rings. The summed E-state index contributed by atoms with van der Waals surface area (Å²) >= 11 is 0. The van der Waals surface area contributed by atoms with E-state index < -0.39 is 54.3 Å². The minimum atomic E-state index is -2.05. The van der Waals surface area contributed by atoms with Gasteiger partial charge < -0.3 is 24.8 Å². The van der Waals surface area contributed by atoms with Crippen molar-refractivity contribution in [3.05, 3.63) is 69.0 Å². The van der Waals surface area contributed by atoms with Crippen LogP contribution in [0.3, 0.4) is 0 Å². The highest BCUT2D eigenvalue weighted by Crippen LogP contribution is 2.37. The second-order valence-corrected chi connectivity index (χ2v) is 6.42. The van der Waals surface area contributed by atoms with Crippen molar-refractivity contribution < 1.29 is 29.6 Å². The normalized spacial score (nSPS) is 26.9. The van der Waals surface area contributed by atoms with Crippen molar-refractivity contribution in [1.82, 2.24) is 9.55 Å². The van der Waals surface area contributed by atoms with E-state index in [4.69, 9.17) is 9.47 Å². The monoisotopic (exact) mass is 392 g/mol. The van der Waals surface area contributed by atoms with E-state index in [0.717, 1.165) is 22.4 Å². The Morgan fingerprint density at radius 1 is 1.21 bits per heavy atom. The quantitative estimate of drug-likeness (QED) is 0.431. The van der Waals surface area contributed by atoms with Crippen molar-refractivity contribution in [3.63, 3.8) is 0 Å². The summed E-state index contributed by atoms with van der Waals surface area (Å²) < 4.78 is 11.5. The fourth-order valence-electron chi connectivity index (χ4n) is 3.16. The molecule has 1 saturated heterocycles. The molecule has 0 saturated carbocycles. The molecule has 1 fully saturated rings. The van der Waals surface area contributed by atoms with Gasteiger partial charge in [0.1, 0.15) is 24.9 Å². The fourth-order valence-corrected chi connectivity index (χ4v) is 3.16. The average Bonchev–Trinajstić information content (AvgIpc) is 2.92. The molecule has 2 heterocycles. The number of aliphatic hydroxyl groups is 3. The summed E-state index contributed by atoms with van der Waals surface area (Å²) in [5, 5.41) is 30.1. The van der Waals surface area contributed by atoms with Gasteiger partial charge in [-0.2, -0.15) is 0 Å². The Hall–Kier alpha value is -2.79. The van der Waals surface area contributed by atoms with Crippen LogP contribution in [0.25, 0.3) is 0 Å². The average molecular weight is 392 g/mol. The lowest BCUT2D eigenvalue weighted by molar-refractivity contribution is -0.179. The number of esters is 1. The highest BCUT2D eigenvalue weighted by atomic mass is 16.6. The number of carbonyl (C=O) groups excluding carboxylic acids is 1. The van der Waals surface area contributed by atoms with Crippen LogP contribution in [-0.2, 0) is 26.6 Å². The van der Waals surface area contributed by atoms with Crippen LogP contribution in [0.15, 0.2) is 52.2 Å². The van der Waals surface area contributed by atoms with Crippen LogP contribution in [0, 0.1) is 0 Å². The number of ether oxygens (including phenoxy) is 2. The number of rotatable bonds is 6. The molecule has 0 radical (unpaired) electrons. The number of carbonyl (C=O) groups is 1. The molecule has 28 heavy (non-hydrogen) atoms. The summed E-state index contributed by atoms with van der Waals surface area (Å²) in [5.41, 5.74) is -2.96. The number of nitrogens with one attached hydrogen (secondary N) is 1. The standard InChI is InChI=1S/C18H20N2O8/c21-9-12-15(24)16(25)18(28-12,20-7-6-13(22)19-17(20)26)8-14(23)27-10-11-4-2-1-3-5-11/h1-7,12,15-16,21,24-25H,8-10H2,(H,19,22,26)/t12-,15-,16-,18-/m1/s1. The van der Waals surface area contributed by atoms with Crippen molar-refractivity contribution in [3.8, 4) is 0 Å². The van der Waals surface area contributed by atoms with Crippen LogP contribution < -0.4 is 11.2 Å². The third kappa shape index (κ3) is 3.76. The van der Waals surface area contributed by atoms with Gasteiger partial charge in [-0.3, -0.25) is 19.1 Å². The Bertz CT molecular complexity index is 940. The zero-order chi connectivity index (χ0) is 20.3. The number of aromatic amines is 1. The maximum Gasteiger partial charge on any atom is 0.330 e. The molecule has 10 nitrogen and oxygen atoms in total. The van der Waals surface area contributed by atoms with Crippen LogP contribution in [-0.4, -0.2) is 55.8 Å². The fraction of sp³-hybridized carbons (Fsp3) is 0.389. The first-order chi connectivity index (χ1) is 13.4. The molecule has 3 rings (SSSR count). The zero-order valence-corrected chi connectivity index (χ0v) is 14.7. The van der Waals surface area contributed by atoms with Gasteiger partial charge in [0.15, 0.2) is 5.72 Å².